The van der Waals surface area contributed by atoms with Gasteiger partial charge in [0.05, 0.1) is 29.7 Å². The van der Waals surface area contributed by atoms with Gasteiger partial charge in [0, 0.05) is 19.0 Å². The van der Waals surface area contributed by atoms with E-state index in [0.29, 0.717) is 5.92 Å². The lowest BCUT2D eigenvalue weighted by Crippen LogP contribution is -2.36. The van der Waals surface area contributed by atoms with Crippen molar-refractivity contribution in [1.82, 2.24) is 14.7 Å². The van der Waals surface area contributed by atoms with Gasteiger partial charge in [0.25, 0.3) is 5.91 Å². The van der Waals surface area contributed by atoms with Crippen LogP contribution < -0.4 is 4.74 Å². The van der Waals surface area contributed by atoms with E-state index in [1.165, 1.54) is 6.42 Å². The number of methoxy groups -OCH3 is 1. The minimum atomic E-state index is 0.181. The van der Waals surface area contributed by atoms with E-state index in [-0.39, 0.29) is 11.8 Å². The van der Waals surface area contributed by atoms with Gasteiger partial charge in [-0.05, 0) is 62.3 Å². The van der Waals surface area contributed by atoms with Crippen LogP contribution in [-0.4, -0.2) is 40.8 Å². The monoisotopic (exact) mass is 367 g/mol. The molecular formula is C22H29N3O2. The zero-order valence-electron chi connectivity index (χ0n) is 16.6. The molecule has 1 aliphatic carbocycles. The van der Waals surface area contributed by atoms with Crippen LogP contribution in [-0.2, 0) is 0 Å². The molecule has 1 aliphatic heterocycles. The average Bonchev–Trinajstić information content (AvgIpc) is 3.47. The van der Waals surface area contributed by atoms with Gasteiger partial charge >= 0.3 is 0 Å². The van der Waals surface area contributed by atoms with E-state index in [1.807, 2.05) is 33.8 Å². The molecule has 2 fully saturated rings. The summed E-state index contributed by atoms with van der Waals surface area (Å²) in [6.45, 7) is 6.05. The maximum atomic E-state index is 13.5. The average molecular weight is 367 g/mol. The predicted molar refractivity (Wildman–Crippen MR) is 106 cm³/mol. The maximum Gasteiger partial charge on any atom is 0.257 e. The fourth-order valence-electron chi connectivity index (χ4n) is 4.02. The molecule has 5 heteroatoms. The van der Waals surface area contributed by atoms with Crippen LogP contribution in [0.4, 0.5) is 0 Å². The summed E-state index contributed by atoms with van der Waals surface area (Å²) in [5.41, 5.74) is 3.90. The first-order valence-corrected chi connectivity index (χ1v) is 10.2. The summed E-state index contributed by atoms with van der Waals surface area (Å²) in [5.74, 6) is 1.66. The third kappa shape index (κ3) is 3.47. The Morgan fingerprint density at radius 3 is 2.33 bits per heavy atom. The van der Waals surface area contributed by atoms with E-state index in [4.69, 9.17) is 9.84 Å². The summed E-state index contributed by atoms with van der Waals surface area (Å²) in [5, 5.41) is 4.96. The van der Waals surface area contributed by atoms with E-state index < -0.39 is 0 Å². The molecule has 0 atom stereocenters. The van der Waals surface area contributed by atoms with Crippen molar-refractivity contribution in [2.24, 2.45) is 0 Å². The van der Waals surface area contributed by atoms with Gasteiger partial charge in [0.15, 0.2) is 0 Å². The Morgan fingerprint density at radius 1 is 1.11 bits per heavy atom. The number of carbonyl (C=O) groups excluding carboxylic acids is 1. The summed E-state index contributed by atoms with van der Waals surface area (Å²) >= 11 is 0. The Morgan fingerprint density at radius 2 is 1.78 bits per heavy atom. The Bertz CT molecular complexity index is 813. The Labute approximate surface area is 161 Å². The molecule has 1 aromatic heterocycles. The van der Waals surface area contributed by atoms with Gasteiger partial charge in [-0.1, -0.05) is 13.8 Å². The van der Waals surface area contributed by atoms with Gasteiger partial charge in [0.1, 0.15) is 5.75 Å². The number of likely N-dealkylation sites (tertiary alicyclic amines) is 1. The van der Waals surface area contributed by atoms with Crippen LogP contribution in [0, 0.1) is 0 Å². The summed E-state index contributed by atoms with van der Waals surface area (Å²) in [4.78, 5) is 15.5. The lowest BCUT2D eigenvalue weighted by molar-refractivity contribution is 0.0721. The van der Waals surface area contributed by atoms with Crippen molar-refractivity contribution >= 4 is 5.91 Å². The lowest BCUT2D eigenvalue weighted by Gasteiger charge is -2.27. The molecule has 2 aliphatic rings. The zero-order chi connectivity index (χ0) is 19.0. The molecule has 5 nitrogen and oxygen atoms in total. The molecule has 1 aromatic carbocycles. The van der Waals surface area contributed by atoms with Gasteiger partial charge in [-0.2, -0.15) is 5.10 Å². The molecule has 0 radical (unpaired) electrons. The largest absolute Gasteiger partial charge is 0.497 e. The highest BCUT2D eigenvalue weighted by molar-refractivity contribution is 5.97. The van der Waals surface area contributed by atoms with Gasteiger partial charge in [-0.15, -0.1) is 0 Å². The van der Waals surface area contributed by atoms with Crippen molar-refractivity contribution < 1.29 is 9.53 Å². The van der Waals surface area contributed by atoms with Crippen molar-refractivity contribution in [3.8, 4) is 11.4 Å². The van der Waals surface area contributed by atoms with E-state index in [2.05, 4.69) is 13.8 Å². The summed E-state index contributed by atoms with van der Waals surface area (Å²) in [7, 11) is 1.67. The topological polar surface area (TPSA) is 47.4 Å². The summed E-state index contributed by atoms with van der Waals surface area (Å²) < 4.78 is 7.28. The third-order valence-corrected chi connectivity index (χ3v) is 5.63. The van der Waals surface area contributed by atoms with E-state index in [1.54, 1.807) is 7.11 Å². The van der Waals surface area contributed by atoms with E-state index in [0.717, 1.165) is 67.2 Å². The highest BCUT2D eigenvalue weighted by Gasteiger charge is 2.37. The van der Waals surface area contributed by atoms with Crippen molar-refractivity contribution in [2.75, 3.05) is 20.2 Å². The first-order valence-electron chi connectivity index (χ1n) is 10.2. The molecule has 1 saturated heterocycles. The molecular weight excluding hydrogens is 338 g/mol. The van der Waals surface area contributed by atoms with Crippen molar-refractivity contribution in [3.05, 3.63) is 41.2 Å². The van der Waals surface area contributed by atoms with E-state index in [9.17, 15) is 4.79 Å². The molecule has 144 valence electrons. The summed E-state index contributed by atoms with van der Waals surface area (Å²) in [6, 6.07) is 7.93. The SMILES string of the molecule is COc1ccc(-n2nc(C3CC3)c(C(=O)N3CCCCC3)c2C(C)C)cc1. The molecule has 2 aromatic rings. The number of aromatic nitrogens is 2. The summed E-state index contributed by atoms with van der Waals surface area (Å²) in [6.07, 6.45) is 5.71. The molecule has 1 saturated carbocycles. The fraction of sp³-hybridized carbons (Fsp3) is 0.545. The zero-order valence-corrected chi connectivity index (χ0v) is 16.6. The second-order valence-electron chi connectivity index (χ2n) is 8.04. The minimum Gasteiger partial charge on any atom is -0.497 e. The number of nitrogens with zero attached hydrogens (tertiary/aromatic N) is 3. The van der Waals surface area contributed by atoms with Crippen LogP contribution in [0.1, 0.15) is 79.5 Å². The van der Waals surface area contributed by atoms with Gasteiger partial charge in [-0.3, -0.25) is 4.79 Å². The highest BCUT2D eigenvalue weighted by atomic mass is 16.5. The molecule has 1 amide bonds. The van der Waals surface area contributed by atoms with Crippen LogP contribution in [0.5, 0.6) is 5.75 Å². The molecule has 0 N–H and O–H groups in total. The predicted octanol–water partition coefficient (Wildman–Crippen LogP) is 4.51. The first-order chi connectivity index (χ1) is 13.1. The van der Waals surface area contributed by atoms with Gasteiger partial charge < -0.3 is 9.64 Å². The number of ether oxygens (including phenoxy) is 1. The van der Waals surface area contributed by atoms with Crippen molar-refractivity contribution in [3.63, 3.8) is 0 Å². The van der Waals surface area contributed by atoms with Gasteiger partial charge in [-0.25, -0.2) is 4.68 Å². The van der Waals surface area contributed by atoms with E-state index >= 15 is 0 Å². The second kappa shape index (κ2) is 7.37. The number of amides is 1. The molecule has 4 rings (SSSR count). The standard InChI is InChI=1S/C22H29N3O2/c1-15(2)21-19(22(26)24-13-5-4-6-14-24)20(16-7-8-16)23-25(21)17-9-11-18(27-3)12-10-17/h9-12,15-16H,4-8,13-14H2,1-3H3. The minimum absolute atomic E-state index is 0.181. The van der Waals surface area contributed by atoms with Crippen LogP contribution in [0.15, 0.2) is 24.3 Å². The van der Waals surface area contributed by atoms with Crippen LogP contribution >= 0.6 is 0 Å². The maximum absolute atomic E-state index is 13.5. The first kappa shape index (κ1) is 18.1. The number of piperidine rings is 1. The third-order valence-electron chi connectivity index (χ3n) is 5.63. The Hall–Kier alpha value is -2.30. The van der Waals surface area contributed by atoms with Crippen molar-refractivity contribution in [2.45, 2.75) is 57.8 Å². The quantitative estimate of drug-likeness (QED) is 0.781. The van der Waals surface area contributed by atoms with Crippen LogP contribution in [0.3, 0.4) is 0 Å². The lowest BCUT2D eigenvalue weighted by atomic mass is 9.99. The molecule has 2 heterocycles. The Kier molecular flexibility index (Phi) is 4.94. The fourth-order valence-corrected chi connectivity index (χ4v) is 4.02. The smallest absolute Gasteiger partial charge is 0.257 e. The number of rotatable bonds is 5. The number of hydrogen-bond donors (Lipinski definition) is 0. The second-order valence-corrected chi connectivity index (χ2v) is 8.04. The van der Waals surface area contributed by atoms with Gasteiger partial charge in [0.2, 0.25) is 0 Å². The molecule has 27 heavy (non-hydrogen) atoms. The van der Waals surface area contributed by atoms with Crippen LogP contribution in [0.25, 0.3) is 5.69 Å². The molecule has 0 spiro atoms. The highest BCUT2D eigenvalue weighted by Crippen LogP contribution is 2.43. The number of benzene rings is 1. The molecule has 0 unspecified atom stereocenters. The molecule has 0 bridgehead atoms. The van der Waals surface area contributed by atoms with Crippen LogP contribution in [0.2, 0.25) is 0 Å². The number of carbonyl (C=O) groups is 1. The number of hydrogen-bond acceptors (Lipinski definition) is 3. The normalized spacial score (nSPS) is 17.4. The van der Waals surface area contributed by atoms with Crippen molar-refractivity contribution in [1.29, 1.82) is 0 Å². The Balaban J connectivity index is 1.81.